The molecule has 3 aliphatic carbocycles. The number of aliphatic carboxylic acids is 2. The van der Waals surface area contributed by atoms with Crippen LogP contribution in [0.1, 0.15) is 83.5 Å². The summed E-state index contributed by atoms with van der Waals surface area (Å²) in [5, 5.41) is 33.7. The van der Waals surface area contributed by atoms with E-state index < -0.39 is 18.0 Å². The molecule has 1 atom stereocenters. The lowest BCUT2D eigenvalue weighted by Gasteiger charge is -2.19. The number of amides is 1. The lowest BCUT2D eigenvalue weighted by atomic mass is 10.1. The first-order valence-corrected chi connectivity index (χ1v) is 14.1. The molecule has 3 saturated carbocycles. The van der Waals surface area contributed by atoms with Crippen molar-refractivity contribution in [1.29, 1.82) is 0 Å². The number of halogens is 1. The van der Waals surface area contributed by atoms with Crippen molar-refractivity contribution < 1.29 is 53.8 Å². The fraction of sp³-hybridized carbons (Fsp3) is 0.741. The summed E-state index contributed by atoms with van der Waals surface area (Å²) in [7, 11) is 1.71. The van der Waals surface area contributed by atoms with Crippen molar-refractivity contribution >= 4 is 30.2 Å². The highest BCUT2D eigenvalue weighted by atomic mass is 19.3. The Labute approximate surface area is 239 Å². The predicted octanol–water partition coefficient (Wildman–Crippen LogP) is 3.81. The number of nitrogens with zero attached hydrogens (tertiary/aromatic N) is 2. The molecule has 0 aromatic rings. The fourth-order valence-electron chi connectivity index (χ4n) is 4.80. The molecule has 0 radical (unpaired) electrons. The zero-order valence-electron chi connectivity index (χ0n) is 23.6. The Morgan fingerprint density at radius 3 is 1.83 bits per heavy atom. The lowest BCUT2D eigenvalue weighted by Crippen LogP contribution is -2.28. The van der Waals surface area contributed by atoms with E-state index in [-0.39, 0.29) is 36.2 Å². The number of carbonyl (C=O) groups is 4. The molecule has 0 aromatic carbocycles. The SMILES string of the molecule is CN(/C=C\C(=N\O)NC=O)CCC(COC(=O)C1CCCC1)OOF.O=C(O)C1CCCC1.O=C(O)C1CCCC1. The number of carbonyl (C=O) groups excluding carboxylic acids is 2. The number of hydrogen-bond donors (Lipinski definition) is 4. The molecule has 13 nitrogen and oxygen atoms in total. The smallest absolute Gasteiger partial charge is 0.309 e. The summed E-state index contributed by atoms with van der Waals surface area (Å²) in [5.74, 6) is -1.66. The second-order valence-electron chi connectivity index (χ2n) is 10.4. The first kappa shape index (κ1) is 35.8. The third-order valence-electron chi connectivity index (χ3n) is 7.29. The minimum Gasteiger partial charge on any atom is -0.481 e. The van der Waals surface area contributed by atoms with Crippen molar-refractivity contribution in [2.75, 3.05) is 20.2 Å². The molecule has 0 aliphatic heterocycles. The van der Waals surface area contributed by atoms with Gasteiger partial charge in [0, 0.05) is 25.9 Å². The van der Waals surface area contributed by atoms with E-state index in [1.54, 1.807) is 18.1 Å². The van der Waals surface area contributed by atoms with Crippen LogP contribution in [0.15, 0.2) is 17.4 Å². The Morgan fingerprint density at radius 2 is 1.44 bits per heavy atom. The average Bonchev–Trinajstić information content (AvgIpc) is 3.76. The van der Waals surface area contributed by atoms with E-state index in [0.29, 0.717) is 19.4 Å². The minimum absolute atomic E-state index is 0.0185. The Hall–Kier alpha value is -3.26. The van der Waals surface area contributed by atoms with Gasteiger partial charge in [-0.25, -0.2) is 0 Å². The van der Waals surface area contributed by atoms with Gasteiger partial charge in [-0.05, 0) is 54.6 Å². The summed E-state index contributed by atoms with van der Waals surface area (Å²) in [5.41, 5.74) is 0. The molecule has 41 heavy (non-hydrogen) atoms. The normalized spacial score (nSPS) is 18.6. The van der Waals surface area contributed by atoms with Gasteiger partial charge in [-0.1, -0.05) is 43.7 Å². The summed E-state index contributed by atoms with van der Waals surface area (Å²) in [6.45, 7) is 0.304. The van der Waals surface area contributed by atoms with Crippen LogP contribution >= 0.6 is 0 Å². The van der Waals surface area contributed by atoms with Crippen molar-refractivity contribution in [2.24, 2.45) is 22.9 Å². The van der Waals surface area contributed by atoms with Crippen molar-refractivity contribution in [3.63, 3.8) is 0 Å². The predicted molar refractivity (Wildman–Crippen MR) is 144 cm³/mol. The number of amidine groups is 1. The van der Waals surface area contributed by atoms with Gasteiger partial charge in [0.15, 0.2) is 5.84 Å². The molecule has 0 heterocycles. The highest BCUT2D eigenvalue weighted by Gasteiger charge is 2.25. The summed E-state index contributed by atoms with van der Waals surface area (Å²) >= 11 is 0. The molecule has 3 aliphatic rings. The van der Waals surface area contributed by atoms with Gasteiger partial charge in [-0.2, -0.15) is 4.89 Å². The van der Waals surface area contributed by atoms with Crippen LogP contribution in [-0.4, -0.2) is 76.8 Å². The molecule has 1 amide bonds. The summed E-state index contributed by atoms with van der Waals surface area (Å²) < 4.78 is 17.2. The summed E-state index contributed by atoms with van der Waals surface area (Å²) in [6, 6.07) is 0. The molecular formula is C27H44FN3O10. The van der Waals surface area contributed by atoms with Gasteiger partial charge >= 0.3 is 17.9 Å². The van der Waals surface area contributed by atoms with Crippen LogP contribution in [0.2, 0.25) is 0 Å². The number of carboxylic acids is 2. The molecule has 1 unspecified atom stereocenters. The number of hydrogen-bond acceptors (Lipinski definition) is 10. The van der Waals surface area contributed by atoms with E-state index in [9.17, 15) is 23.7 Å². The number of oxime groups is 1. The van der Waals surface area contributed by atoms with Crippen molar-refractivity contribution in [1.82, 2.24) is 10.2 Å². The second kappa shape index (κ2) is 21.5. The van der Waals surface area contributed by atoms with E-state index in [1.807, 2.05) is 0 Å². The molecule has 0 aromatic heterocycles. The number of ether oxygens (including phenoxy) is 1. The molecule has 0 bridgehead atoms. The maximum Gasteiger partial charge on any atom is 0.309 e. The van der Waals surface area contributed by atoms with Crippen LogP contribution in [0.3, 0.4) is 0 Å². The molecule has 3 rings (SSSR count). The van der Waals surface area contributed by atoms with Crippen LogP contribution in [0, 0.1) is 17.8 Å². The maximum atomic E-state index is 12.0. The number of carboxylic acid groups (broad SMARTS) is 2. The molecule has 4 N–H and O–H groups in total. The highest BCUT2D eigenvalue weighted by Crippen LogP contribution is 2.26. The number of esters is 1. The van der Waals surface area contributed by atoms with Crippen molar-refractivity contribution in [2.45, 2.75) is 89.6 Å². The Balaban J connectivity index is 0.000000420. The monoisotopic (exact) mass is 589 g/mol. The number of rotatable bonds is 13. The van der Waals surface area contributed by atoms with Crippen LogP contribution in [0.5, 0.6) is 0 Å². The Kier molecular flexibility index (Phi) is 18.7. The fourth-order valence-corrected chi connectivity index (χ4v) is 4.80. The zero-order valence-corrected chi connectivity index (χ0v) is 23.6. The van der Waals surface area contributed by atoms with Gasteiger partial charge in [-0.15, -0.1) is 0 Å². The van der Waals surface area contributed by atoms with E-state index in [1.165, 1.54) is 6.08 Å². The number of nitrogens with one attached hydrogen (secondary N) is 1. The van der Waals surface area contributed by atoms with Gasteiger partial charge in [0.25, 0.3) is 0 Å². The largest absolute Gasteiger partial charge is 0.481 e. The van der Waals surface area contributed by atoms with Crippen molar-refractivity contribution in [3.05, 3.63) is 12.3 Å². The van der Waals surface area contributed by atoms with Gasteiger partial charge in [0.05, 0.1) is 17.8 Å². The minimum atomic E-state index is -0.759. The van der Waals surface area contributed by atoms with Crippen LogP contribution in [-0.2, 0) is 33.9 Å². The van der Waals surface area contributed by atoms with Crippen LogP contribution in [0.25, 0.3) is 0 Å². The summed E-state index contributed by atoms with van der Waals surface area (Å²) in [6.07, 6.45) is 14.5. The third-order valence-corrected chi connectivity index (χ3v) is 7.29. The van der Waals surface area contributed by atoms with E-state index in [0.717, 1.165) is 77.0 Å². The molecule has 0 saturated heterocycles. The zero-order chi connectivity index (χ0) is 30.5. The highest BCUT2D eigenvalue weighted by molar-refractivity contribution is 5.98. The Morgan fingerprint density at radius 1 is 0.951 bits per heavy atom. The van der Waals surface area contributed by atoms with Crippen molar-refractivity contribution in [3.8, 4) is 0 Å². The third kappa shape index (κ3) is 15.9. The van der Waals surface area contributed by atoms with E-state index in [4.69, 9.17) is 20.2 Å². The van der Waals surface area contributed by atoms with E-state index in [2.05, 4.69) is 20.5 Å². The van der Waals surface area contributed by atoms with Gasteiger partial charge in [0.1, 0.15) is 12.7 Å². The molecule has 0 spiro atoms. The standard InChI is InChI=1S/C15H24FN3O6.2C6H10O2/c1-19(9-7-14(18-22)17-11-20)8-6-13(24-25-16)10-23-15(21)12-4-2-3-5-12;2*7-6(8)5-3-1-2-4-5/h7,9,11-13,22H,2-6,8,10H2,1H3,(H,17,18,20);2*5H,1-4H2,(H,7,8)/b9-7-;;. The van der Waals surface area contributed by atoms with Gasteiger partial charge in [0.2, 0.25) is 6.41 Å². The molecule has 234 valence electrons. The summed E-state index contributed by atoms with van der Waals surface area (Å²) in [4.78, 5) is 48.7. The Bertz CT molecular complexity index is 813. The molecular weight excluding hydrogens is 545 g/mol. The van der Waals surface area contributed by atoms with E-state index >= 15 is 0 Å². The average molecular weight is 590 g/mol. The van der Waals surface area contributed by atoms with Crippen LogP contribution < -0.4 is 5.32 Å². The van der Waals surface area contributed by atoms with Crippen LogP contribution in [0.4, 0.5) is 4.53 Å². The van der Waals surface area contributed by atoms with Gasteiger partial charge < -0.3 is 30.4 Å². The molecule has 14 heteroatoms. The quantitative estimate of drug-likeness (QED) is 0.0466. The maximum absolute atomic E-state index is 12.0. The molecule has 3 fully saturated rings. The first-order chi connectivity index (χ1) is 19.7. The topological polar surface area (TPSA) is 184 Å². The lowest BCUT2D eigenvalue weighted by molar-refractivity contribution is -0.451. The van der Waals surface area contributed by atoms with Gasteiger partial charge in [-0.3, -0.25) is 19.2 Å². The first-order valence-electron chi connectivity index (χ1n) is 14.1. The second-order valence-corrected chi connectivity index (χ2v) is 10.4.